The van der Waals surface area contributed by atoms with Gasteiger partial charge in [-0.2, -0.15) is 14.9 Å². The third-order valence-corrected chi connectivity index (χ3v) is 6.34. The molecular formula is C22H26N6O. The second-order valence-corrected chi connectivity index (χ2v) is 8.14. The summed E-state index contributed by atoms with van der Waals surface area (Å²) >= 11 is 0. The lowest BCUT2D eigenvalue weighted by Gasteiger charge is -2.35. The van der Waals surface area contributed by atoms with Gasteiger partial charge in [0, 0.05) is 23.9 Å². The Morgan fingerprint density at radius 3 is 2.86 bits per heavy atom. The zero-order chi connectivity index (χ0) is 19.8. The molecule has 1 atom stereocenters. The van der Waals surface area contributed by atoms with Crippen LogP contribution in [0.25, 0.3) is 16.9 Å². The highest BCUT2D eigenvalue weighted by Gasteiger charge is 2.27. The minimum Gasteiger partial charge on any atom is -0.377 e. The third-order valence-electron chi connectivity index (χ3n) is 6.34. The van der Waals surface area contributed by atoms with E-state index in [-0.39, 0.29) is 0 Å². The molecule has 1 N–H and O–H groups in total. The summed E-state index contributed by atoms with van der Waals surface area (Å²) in [5, 5.41) is 12.8. The third kappa shape index (κ3) is 3.28. The lowest BCUT2D eigenvalue weighted by Crippen LogP contribution is -2.44. The number of ether oxygens (including phenoxy) is 1. The van der Waals surface area contributed by atoms with E-state index in [2.05, 4.69) is 39.1 Å². The Labute approximate surface area is 170 Å². The molecule has 7 nitrogen and oxygen atoms in total. The van der Waals surface area contributed by atoms with Gasteiger partial charge in [-0.15, -0.1) is 12.3 Å². The maximum Gasteiger partial charge on any atom is 0.167 e. The average molecular weight is 390 g/mol. The Morgan fingerprint density at radius 2 is 2.14 bits per heavy atom. The second kappa shape index (κ2) is 7.53. The molecule has 29 heavy (non-hydrogen) atoms. The summed E-state index contributed by atoms with van der Waals surface area (Å²) in [4.78, 5) is 7.39. The fourth-order valence-corrected chi connectivity index (χ4v) is 4.68. The van der Waals surface area contributed by atoms with Gasteiger partial charge in [0.05, 0.1) is 31.6 Å². The molecule has 2 fully saturated rings. The van der Waals surface area contributed by atoms with Gasteiger partial charge >= 0.3 is 0 Å². The van der Waals surface area contributed by atoms with Gasteiger partial charge in [0.15, 0.2) is 11.5 Å². The summed E-state index contributed by atoms with van der Waals surface area (Å²) in [5.41, 5.74) is 2.21. The molecule has 2 aliphatic rings. The van der Waals surface area contributed by atoms with Crippen LogP contribution in [0.4, 0.5) is 5.82 Å². The molecule has 1 saturated heterocycles. The van der Waals surface area contributed by atoms with Crippen molar-refractivity contribution in [2.75, 3.05) is 24.7 Å². The lowest BCUT2D eigenvalue weighted by molar-refractivity contribution is 0.0985. The summed E-state index contributed by atoms with van der Waals surface area (Å²) in [5.74, 6) is 5.66. The minimum atomic E-state index is 0.294. The molecule has 0 bridgehead atoms. The largest absolute Gasteiger partial charge is 0.377 e. The standard InChI is InChI=1S/C22H26N6O/c1-3-16-4-6-17(7-5-16)18-12-21(27-10-11-29-14-15(27)2)25-22-19(18)13-24-28(22)20-8-9-23-26-20/h1,8-9,12-13,15-17H,4-7,10-11,14H2,2H3,(H,23,26)/t15-,16?,17?/m1/s1. The van der Waals surface area contributed by atoms with Gasteiger partial charge < -0.3 is 9.64 Å². The Morgan fingerprint density at radius 1 is 1.28 bits per heavy atom. The minimum absolute atomic E-state index is 0.294. The maximum atomic E-state index is 5.67. The number of aromatic amines is 1. The predicted octanol–water partition coefficient (Wildman–Crippen LogP) is 3.28. The monoisotopic (exact) mass is 390 g/mol. The van der Waals surface area contributed by atoms with Crippen LogP contribution in [0.3, 0.4) is 0 Å². The van der Waals surface area contributed by atoms with E-state index in [1.807, 2.05) is 16.9 Å². The SMILES string of the molecule is C#CC1CCC(c2cc(N3CCOC[C@H]3C)nc3c2cnn3-c2ccn[nH]2)CC1. The van der Waals surface area contributed by atoms with Crippen LogP contribution in [0, 0.1) is 18.3 Å². The van der Waals surface area contributed by atoms with Gasteiger partial charge in [0.25, 0.3) is 0 Å². The molecule has 1 aliphatic heterocycles. The highest BCUT2D eigenvalue weighted by molar-refractivity contribution is 5.83. The first kappa shape index (κ1) is 18.2. The normalized spacial score (nSPS) is 25.2. The molecule has 7 heteroatoms. The van der Waals surface area contributed by atoms with E-state index in [1.165, 1.54) is 5.56 Å². The van der Waals surface area contributed by atoms with Gasteiger partial charge in [-0.1, -0.05) is 0 Å². The van der Waals surface area contributed by atoms with Crippen molar-refractivity contribution in [1.29, 1.82) is 0 Å². The molecule has 3 aromatic heterocycles. The second-order valence-electron chi connectivity index (χ2n) is 8.14. The molecule has 0 amide bonds. The first-order valence-electron chi connectivity index (χ1n) is 10.4. The molecule has 0 radical (unpaired) electrons. The summed E-state index contributed by atoms with van der Waals surface area (Å²) < 4.78 is 7.49. The molecule has 3 aromatic rings. The van der Waals surface area contributed by atoms with E-state index in [4.69, 9.17) is 16.1 Å². The van der Waals surface area contributed by atoms with Crippen LogP contribution in [0.2, 0.25) is 0 Å². The number of anilines is 1. The molecule has 5 rings (SSSR count). The summed E-state index contributed by atoms with van der Waals surface area (Å²) in [6.07, 6.45) is 13.7. The number of nitrogens with zero attached hydrogens (tertiary/aromatic N) is 5. The number of fused-ring (bicyclic) bond motifs is 1. The number of terminal acetylenes is 1. The first-order chi connectivity index (χ1) is 14.2. The first-order valence-corrected chi connectivity index (χ1v) is 10.4. The highest BCUT2D eigenvalue weighted by Crippen LogP contribution is 2.40. The van der Waals surface area contributed by atoms with Crippen LogP contribution >= 0.6 is 0 Å². The molecule has 0 unspecified atom stereocenters. The van der Waals surface area contributed by atoms with Crippen LogP contribution in [0.1, 0.15) is 44.1 Å². The number of morpholine rings is 1. The Hall–Kier alpha value is -2.85. The van der Waals surface area contributed by atoms with E-state index in [0.717, 1.165) is 68.1 Å². The van der Waals surface area contributed by atoms with E-state index in [9.17, 15) is 0 Å². The van der Waals surface area contributed by atoms with Crippen molar-refractivity contribution in [3.63, 3.8) is 0 Å². The van der Waals surface area contributed by atoms with Crippen molar-refractivity contribution >= 4 is 16.9 Å². The Bertz CT molecular complexity index is 1030. The fraction of sp³-hybridized carbons (Fsp3) is 0.500. The Balaban J connectivity index is 1.62. The van der Waals surface area contributed by atoms with Crippen molar-refractivity contribution in [3.8, 4) is 18.2 Å². The van der Waals surface area contributed by atoms with E-state index in [0.29, 0.717) is 17.9 Å². The topological polar surface area (TPSA) is 71.9 Å². The zero-order valence-electron chi connectivity index (χ0n) is 16.7. The number of H-pyrrole nitrogens is 1. The number of aromatic nitrogens is 5. The van der Waals surface area contributed by atoms with Crippen LogP contribution in [0.5, 0.6) is 0 Å². The zero-order valence-corrected chi connectivity index (χ0v) is 16.7. The molecular weight excluding hydrogens is 364 g/mol. The quantitative estimate of drug-likeness (QED) is 0.695. The van der Waals surface area contributed by atoms with Crippen molar-refractivity contribution in [3.05, 3.63) is 30.1 Å². The highest BCUT2D eigenvalue weighted by atomic mass is 16.5. The lowest BCUT2D eigenvalue weighted by atomic mass is 9.78. The van der Waals surface area contributed by atoms with Crippen molar-refractivity contribution in [2.24, 2.45) is 5.92 Å². The smallest absolute Gasteiger partial charge is 0.167 e. The van der Waals surface area contributed by atoms with Gasteiger partial charge in [-0.05, 0) is 50.2 Å². The van der Waals surface area contributed by atoms with Crippen molar-refractivity contribution in [2.45, 2.75) is 44.6 Å². The van der Waals surface area contributed by atoms with E-state index >= 15 is 0 Å². The molecule has 4 heterocycles. The van der Waals surface area contributed by atoms with Crippen LogP contribution < -0.4 is 4.90 Å². The molecule has 0 aromatic carbocycles. The van der Waals surface area contributed by atoms with Crippen molar-refractivity contribution < 1.29 is 4.74 Å². The van der Waals surface area contributed by atoms with Crippen LogP contribution in [-0.2, 0) is 4.74 Å². The number of rotatable bonds is 3. The van der Waals surface area contributed by atoms with Crippen LogP contribution in [0.15, 0.2) is 24.5 Å². The number of hydrogen-bond acceptors (Lipinski definition) is 5. The number of nitrogens with one attached hydrogen (secondary N) is 1. The molecule has 1 saturated carbocycles. The van der Waals surface area contributed by atoms with E-state index in [1.54, 1.807) is 6.20 Å². The van der Waals surface area contributed by atoms with Crippen molar-refractivity contribution in [1.82, 2.24) is 25.0 Å². The van der Waals surface area contributed by atoms with Gasteiger partial charge in [-0.3, -0.25) is 5.10 Å². The Kier molecular flexibility index (Phi) is 4.72. The summed E-state index contributed by atoms with van der Waals surface area (Å²) in [7, 11) is 0. The van der Waals surface area contributed by atoms with E-state index < -0.39 is 0 Å². The molecule has 0 spiro atoms. The molecule has 150 valence electrons. The van der Waals surface area contributed by atoms with Crippen LogP contribution in [-0.4, -0.2) is 50.8 Å². The van der Waals surface area contributed by atoms with Gasteiger partial charge in [-0.25, -0.2) is 4.98 Å². The summed E-state index contributed by atoms with van der Waals surface area (Å²) in [6.45, 7) is 4.49. The maximum absolute atomic E-state index is 5.67. The molecule has 1 aliphatic carbocycles. The number of pyridine rings is 1. The average Bonchev–Trinajstić information content (AvgIpc) is 3.43. The summed E-state index contributed by atoms with van der Waals surface area (Å²) in [6, 6.07) is 4.49. The van der Waals surface area contributed by atoms with Gasteiger partial charge in [0.1, 0.15) is 5.82 Å². The fourth-order valence-electron chi connectivity index (χ4n) is 4.68. The van der Waals surface area contributed by atoms with Gasteiger partial charge in [0.2, 0.25) is 0 Å². The number of hydrogen-bond donors (Lipinski definition) is 1. The predicted molar refractivity (Wildman–Crippen MR) is 112 cm³/mol.